The van der Waals surface area contributed by atoms with Gasteiger partial charge >= 0.3 is 0 Å². The lowest BCUT2D eigenvalue weighted by Crippen LogP contribution is -2.48. The van der Waals surface area contributed by atoms with Gasteiger partial charge in [0.2, 0.25) is 0 Å². The van der Waals surface area contributed by atoms with Crippen LogP contribution in [0.3, 0.4) is 0 Å². The molecule has 7 heteroatoms. The van der Waals surface area contributed by atoms with Crippen molar-refractivity contribution < 1.29 is 9.53 Å². The van der Waals surface area contributed by atoms with Gasteiger partial charge in [-0.05, 0) is 37.5 Å². The van der Waals surface area contributed by atoms with E-state index in [1.54, 1.807) is 0 Å². The number of thioether (sulfide) groups is 1. The second-order valence-electron chi connectivity index (χ2n) is 6.23. The molecule has 0 bridgehead atoms. The first kappa shape index (κ1) is 20.4. The SMILES string of the molecule is CCNC(=NCCc1ccc(OCC(N)=O)cc1)N1CCSC(CC)C1. The van der Waals surface area contributed by atoms with Crippen LogP contribution in [-0.2, 0) is 11.2 Å². The van der Waals surface area contributed by atoms with Crippen LogP contribution in [0.25, 0.3) is 0 Å². The number of benzene rings is 1. The molecule has 0 saturated carbocycles. The van der Waals surface area contributed by atoms with Gasteiger partial charge in [0.1, 0.15) is 5.75 Å². The summed E-state index contributed by atoms with van der Waals surface area (Å²) in [5.41, 5.74) is 6.27. The number of hydrogen-bond donors (Lipinski definition) is 2. The fourth-order valence-corrected chi connectivity index (χ4v) is 3.96. The molecule has 1 aromatic carbocycles. The van der Waals surface area contributed by atoms with E-state index in [0.29, 0.717) is 11.0 Å². The highest BCUT2D eigenvalue weighted by Gasteiger charge is 2.21. The minimum absolute atomic E-state index is 0.0947. The van der Waals surface area contributed by atoms with Crippen LogP contribution in [0.2, 0.25) is 0 Å². The van der Waals surface area contributed by atoms with Crippen molar-refractivity contribution in [1.29, 1.82) is 0 Å². The first-order valence-corrected chi connectivity index (χ1v) is 10.3. The lowest BCUT2D eigenvalue weighted by Gasteiger charge is -2.34. The molecule has 144 valence electrons. The third-order valence-corrected chi connectivity index (χ3v) is 5.57. The minimum atomic E-state index is -0.471. The fourth-order valence-electron chi connectivity index (χ4n) is 2.78. The van der Waals surface area contributed by atoms with E-state index in [1.807, 2.05) is 24.3 Å². The van der Waals surface area contributed by atoms with Crippen molar-refractivity contribution >= 4 is 23.6 Å². The van der Waals surface area contributed by atoms with Crippen LogP contribution in [0.1, 0.15) is 25.8 Å². The van der Waals surface area contributed by atoms with E-state index < -0.39 is 5.91 Å². The summed E-state index contributed by atoms with van der Waals surface area (Å²) in [6, 6.07) is 7.73. The van der Waals surface area contributed by atoms with Gasteiger partial charge in [0.15, 0.2) is 12.6 Å². The van der Waals surface area contributed by atoms with Gasteiger partial charge in [0.25, 0.3) is 5.91 Å². The summed E-state index contributed by atoms with van der Waals surface area (Å²) in [7, 11) is 0. The smallest absolute Gasteiger partial charge is 0.255 e. The Kier molecular flexibility index (Phi) is 8.61. The summed E-state index contributed by atoms with van der Waals surface area (Å²) in [6.45, 7) is 8.01. The van der Waals surface area contributed by atoms with Crippen molar-refractivity contribution in [3.63, 3.8) is 0 Å². The predicted molar refractivity (Wildman–Crippen MR) is 109 cm³/mol. The van der Waals surface area contributed by atoms with Gasteiger partial charge < -0.3 is 20.7 Å². The van der Waals surface area contributed by atoms with Crippen LogP contribution >= 0.6 is 11.8 Å². The lowest BCUT2D eigenvalue weighted by molar-refractivity contribution is -0.119. The second-order valence-corrected chi connectivity index (χ2v) is 7.64. The van der Waals surface area contributed by atoms with E-state index in [1.165, 1.54) is 12.0 Å². The molecule has 0 aromatic heterocycles. The largest absolute Gasteiger partial charge is 0.484 e. The number of hydrogen-bond acceptors (Lipinski definition) is 4. The molecule has 1 aliphatic rings. The number of nitrogens with two attached hydrogens (primary N) is 1. The van der Waals surface area contributed by atoms with Gasteiger partial charge in [-0.1, -0.05) is 19.1 Å². The third-order valence-electron chi connectivity index (χ3n) is 4.20. The van der Waals surface area contributed by atoms with Crippen molar-refractivity contribution in [3.8, 4) is 5.75 Å². The molecule has 3 N–H and O–H groups in total. The molecule has 1 amide bonds. The number of carbonyl (C=O) groups excluding carboxylic acids is 1. The highest BCUT2D eigenvalue weighted by molar-refractivity contribution is 8.00. The second kappa shape index (κ2) is 11.0. The summed E-state index contributed by atoms with van der Waals surface area (Å²) >= 11 is 2.06. The van der Waals surface area contributed by atoms with Crippen molar-refractivity contribution in [3.05, 3.63) is 29.8 Å². The van der Waals surface area contributed by atoms with Gasteiger partial charge in [-0.3, -0.25) is 9.79 Å². The Bertz CT molecular complexity index is 592. The van der Waals surface area contributed by atoms with E-state index in [2.05, 4.69) is 35.8 Å². The van der Waals surface area contributed by atoms with Crippen LogP contribution in [0.5, 0.6) is 5.75 Å². The molecular formula is C19H30N4O2S. The highest BCUT2D eigenvalue weighted by Crippen LogP contribution is 2.21. The predicted octanol–water partition coefficient (Wildman–Crippen LogP) is 1.89. The molecule has 0 aliphatic carbocycles. The van der Waals surface area contributed by atoms with Crippen molar-refractivity contribution in [2.24, 2.45) is 10.7 Å². The van der Waals surface area contributed by atoms with Gasteiger partial charge in [0, 0.05) is 37.2 Å². The summed E-state index contributed by atoms with van der Waals surface area (Å²) in [4.78, 5) is 17.9. The van der Waals surface area contributed by atoms with Crippen LogP contribution in [0, 0.1) is 0 Å². The first-order chi connectivity index (χ1) is 12.6. The van der Waals surface area contributed by atoms with Crippen molar-refractivity contribution in [1.82, 2.24) is 10.2 Å². The standard InChI is InChI=1S/C19H30N4O2S/c1-3-17-13-23(11-12-26-17)19(21-4-2)22-10-9-15-5-7-16(8-6-15)25-14-18(20)24/h5-8,17H,3-4,9-14H2,1-2H3,(H2,20,24)(H,21,22). The maximum absolute atomic E-state index is 10.7. The molecule has 1 atom stereocenters. The average molecular weight is 379 g/mol. The lowest BCUT2D eigenvalue weighted by atomic mass is 10.1. The monoisotopic (exact) mass is 378 g/mol. The number of primary amides is 1. The molecule has 6 nitrogen and oxygen atoms in total. The number of nitrogens with one attached hydrogen (secondary N) is 1. The van der Waals surface area contributed by atoms with Gasteiger partial charge in [-0.2, -0.15) is 11.8 Å². The number of rotatable bonds is 8. The number of aliphatic imine (C=N–C) groups is 1. The third kappa shape index (κ3) is 6.78. The Morgan fingerprint density at radius 3 is 2.81 bits per heavy atom. The summed E-state index contributed by atoms with van der Waals surface area (Å²) in [5.74, 6) is 2.37. The summed E-state index contributed by atoms with van der Waals surface area (Å²) in [5, 5.41) is 4.12. The molecule has 0 radical (unpaired) electrons. The maximum Gasteiger partial charge on any atom is 0.255 e. The van der Waals surface area contributed by atoms with Crippen LogP contribution in [0.4, 0.5) is 0 Å². The molecule has 26 heavy (non-hydrogen) atoms. The van der Waals surface area contributed by atoms with Gasteiger partial charge in [-0.15, -0.1) is 0 Å². The van der Waals surface area contributed by atoms with Crippen molar-refractivity contribution in [2.45, 2.75) is 31.9 Å². The molecule has 1 heterocycles. The van der Waals surface area contributed by atoms with E-state index in [-0.39, 0.29) is 6.61 Å². The zero-order valence-electron chi connectivity index (χ0n) is 15.7. The van der Waals surface area contributed by atoms with Crippen molar-refractivity contribution in [2.75, 3.05) is 38.5 Å². The Balaban J connectivity index is 1.88. The number of amides is 1. The summed E-state index contributed by atoms with van der Waals surface area (Å²) < 4.78 is 5.28. The van der Waals surface area contributed by atoms with E-state index >= 15 is 0 Å². The number of guanidine groups is 1. The topological polar surface area (TPSA) is 80.0 Å². The molecule has 2 rings (SSSR count). The maximum atomic E-state index is 10.7. The minimum Gasteiger partial charge on any atom is -0.484 e. The highest BCUT2D eigenvalue weighted by atomic mass is 32.2. The summed E-state index contributed by atoms with van der Waals surface area (Å²) in [6.07, 6.45) is 2.07. The van der Waals surface area contributed by atoms with Gasteiger partial charge in [0.05, 0.1) is 0 Å². The quantitative estimate of drug-likeness (QED) is 0.533. The average Bonchev–Trinajstić information content (AvgIpc) is 2.66. The van der Waals surface area contributed by atoms with Crippen LogP contribution in [-0.4, -0.2) is 60.6 Å². The van der Waals surface area contributed by atoms with E-state index in [0.717, 1.165) is 44.3 Å². The zero-order valence-corrected chi connectivity index (χ0v) is 16.6. The number of nitrogens with zero attached hydrogens (tertiary/aromatic N) is 2. The molecule has 1 saturated heterocycles. The van der Waals surface area contributed by atoms with Crippen LogP contribution in [0.15, 0.2) is 29.3 Å². The molecule has 1 fully saturated rings. The van der Waals surface area contributed by atoms with E-state index in [4.69, 9.17) is 15.5 Å². The molecule has 1 aliphatic heterocycles. The Morgan fingerprint density at radius 1 is 1.38 bits per heavy atom. The first-order valence-electron chi connectivity index (χ1n) is 9.27. The molecular weight excluding hydrogens is 348 g/mol. The zero-order chi connectivity index (χ0) is 18.8. The molecule has 0 spiro atoms. The Morgan fingerprint density at radius 2 is 2.15 bits per heavy atom. The van der Waals surface area contributed by atoms with E-state index in [9.17, 15) is 4.79 Å². The molecule has 1 aromatic rings. The Labute approximate surface area is 160 Å². The fraction of sp³-hybridized carbons (Fsp3) is 0.579. The normalized spacial score (nSPS) is 17.8. The number of carbonyl (C=O) groups is 1. The van der Waals surface area contributed by atoms with Gasteiger partial charge in [-0.25, -0.2) is 0 Å². The number of ether oxygens (including phenoxy) is 1. The Hall–Kier alpha value is -1.89. The van der Waals surface area contributed by atoms with Crippen LogP contribution < -0.4 is 15.8 Å². The molecule has 1 unspecified atom stereocenters.